The zero-order chi connectivity index (χ0) is 21.6. The van der Waals surface area contributed by atoms with E-state index in [9.17, 15) is 9.59 Å². The van der Waals surface area contributed by atoms with Crippen LogP contribution in [0.25, 0.3) is 0 Å². The molecule has 0 saturated carbocycles. The predicted octanol–water partition coefficient (Wildman–Crippen LogP) is 2.23. The molecule has 2 fully saturated rings. The van der Waals surface area contributed by atoms with Crippen LogP contribution in [0.1, 0.15) is 34.8 Å². The number of rotatable bonds is 6. The van der Waals surface area contributed by atoms with Gasteiger partial charge in [-0.05, 0) is 54.8 Å². The number of nitrogens with zero attached hydrogens (tertiary/aromatic N) is 2. The highest BCUT2D eigenvalue weighted by Crippen LogP contribution is 2.24. The summed E-state index contributed by atoms with van der Waals surface area (Å²) in [6.45, 7) is 4.88. The summed E-state index contributed by atoms with van der Waals surface area (Å²) >= 11 is 0. The number of nitrogens with one attached hydrogen (secondary N) is 3. The Morgan fingerprint density at radius 1 is 1.06 bits per heavy atom. The summed E-state index contributed by atoms with van der Waals surface area (Å²) in [4.78, 5) is 29.3. The van der Waals surface area contributed by atoms with Crippen LogP contribution in [0.15, 0.2) is 48.5 Å². The molecular weight excluding hydrogens is 390 g/mol. The van der Waals surface area contributed by atoms with E-state index in [2.05, 4.69) is 37.9 Å². The Kier molecular flexibility index (Phi) is 6.84. The largest absolute Gasteiger partial charge is 0.372 e. The quantitative estimate of drug-likeness (QED) is 0.667. The zero-order valence-corrected chi connectivity index (χ0v) is 18.1. The summed E-state index contributed by atoms with van der Waals surface area (Å²) in [7, 11) is 1.63. The topological polar surface area (TPSA) is 76.7 Å². The molecule has 0 bridgehead atoms. The molecule has 4 rings (SSSR count). The third-order valence-electron chi connectivity index (χ3n) is 6.08. The Labute approximate surface area is 183 Å². The number of hydrogen-bond acceptors (Lipinski definition) is 5. The molecule has 7 nitrogen and oxygen atoms in total. The van der Waals surface area contributed by atoms with Crippen LogP contribution in [0.2, 0.25) is 0 Å². The van der Waals surface area contributed by atoms with E-state index in [1.165, 1.54) is 18.5 Å². The molecule has 2 aliphatic rings. The zero-order valence-electron chi connectivity index (χ0n) is 18.1. The van der Waals surface area contributed by atoms with Crippen LogP contribution in [-0.2, 0) is 4.79 Å². The maximum atomic E-state index is 12.8. The van der Waals surface area contributed by atoms with Gasteiger partial charge in [0.2, 0.25) is 5.91 Å². The van der Waals surface area contributed by atoms with Crippen LogP contribution in [-0.4, -0.2) is 63.0 Å². The third kappa shape index (κ3) is 5.24. The molecule has 164 valence electrons. The molecule has 31 heavy (non-hydrogen) atoms. The molecular formula is C24H31N5O2. The minimum absolute atomic E-state index is 0.0247. The van der Waals surface area contributed by atoms with Gasteiger partial charge in [0.05, 0.1) is 6.54 Å². The van der Waals surface area contributed by atoms with Crippen LogP contribution < -0.4 is 20.9 Å². The average Bonchev–Trinajstić information content (AvgIpc) is 3.34. The second kappa shape index (κ2) is 9.94. The van der Waals surface area contributed by atoms with Gasteiger partial charge >= 0.3 is 0 Å². The van der Waals surface area contributed by atoms with Gasteiger partial charge in [-0.1, -0.05) is 12.1 Å². The summed E-state index contributed by atoms with van der Waals surface area (Å²) in [6, 6.07) is 15.8. The molecule has 1 atom stereocenters. The van der Waals surface area contributed by atoms with Crippen LogP contribution >= 0.6 is 0 Å². The second-order valence-corrected chi connectivity index (χ2v) is 8.18. The van der Waals surface area contributed by atoms with Crippen molar-refractivity contribution >= 4 is 23.2 Å². The molecule has 1 unspecified atom stereocenters. The van der Waals surface area contributed by atoms with E-state index in [0.29, 0.717) is 12.1 Å². The number of hydrogen-bond donors (Lipinski definition) is 3. The van der Waals surface area contributed by atoms with Crippen molar-refractivity contribution < 1.29 is 9.59 Å². The van der Waals surface area contributed by atoms with Gasteiger partial charge in [-0.2, -0.15) is 0 Å². The highest BCUT2D eigenvalue weighted by atomic mass is 16.2. The number of anilines is 2. The minimum Gasteiger partial charge on any atom is -0.372 e. The van der Waals surface area contributed by atoms with Crippen LogP contribution in [0, 0.1) is 0 Å². The van der Waals surface area contributed by atoms with Gasteiger partial charge in [0.1, 0.15) is 0 Å². The normalized spacial score (nSPS) is 19.3. The smallest absolute Gasteiger partial charge is 0.251 e. The van der Waals surface area contributed by atoms with Gasteiger partial charge in [0.15, 0.2) is 0 Å². The van der Waals surface area contributed by atoms with Gasteiger partial charge in [0, 0.05) is 62.8 Å². The minimum atomic E-state index is -0.104. The summed E-state index contributed by atoms with van der Waals surface area (Å²) in [5.74, 6) is -0.129. The lowest BCUT2D eigenvalue weighted by molar-refractivity contribution is -0.118. The molecule has 3 N–H and O–H groups in total. The van der Waals surface area contributed by atoms with Crippen molar-refractivity contribution in [3.63, 3.8) is 0 Å². The highest BCUT2D eigenvalue weighted by Gasteiger charge is 2.26. The lowest BCUT2D eigenvalue weighted by Crippen LogP contribution is -2.48. The Morgan fingerprint density at radius 3 is 2.58 bits per heavy atom. The molecule has 2 aromatic rings. The maximum Gasteiger partial charge on any atom is 0.251 e. The van der Waals surface area contributed by atoms with Gasteiger partial charge in [-0.3, -0.25) is 14.5 Å². The van der Waals surface area contributed by atoms with Crippen LogP contribution in [0.5, 0.6) is 0 Å². The fourth-order valence-corrected chi connectivity index (χ4v) is 4.41. The third-order valence-corrected chi connectivity index (χ3v) is 6.08. The highest BCUT2D eigenvalue weighted by molar-refractivity contribution is 5.94. The van der Waals surface area contributed by atoms with Gasteiger partial charge in [0.25, 0.3) is 5.91 Å². The van der Waals surface area contributed by atoms with Crippen LogP contribution in [0.3, 0.4) is 0 Å². The lowest BCUT2D eigenvalue weighted by Gasteiger charge is -2.36. The van der Waals surface area contributed by atoms with Crippen molar-refractivity contribution in [1.29, 1.82) is 0 Å². The Balaban J connectivity index is 1.40. The Morgan fingerprint density at radius 2 is 1.84 bits per heavy atom. The van der Waals surface area contributed by atoms with Crippen molar-refractivity contribution in [1.82, 2.24) is 15.5 Å². The van der Waals surface area contributed by atoms with Gasteiger partial charge < -0.3 is 20.9 Å². The summed E-state index contributed by atoms with van der Waals surface area (Å²) < 4.78 is 0. The standard InChI is InChI=1S/C24H31N5O2/c1-25-24(31)19-6-4-5-18(15-19)22-16-26-11-14-29(22)17-23(30)27-20-7-9-21(10-8-20)28-12-2-3-13-28/h4-10,15,22,26H,2-3,11-14,16-17H2,1H3,(H,25,31)(H,27,30). The first kappa shape index (κ1) is 21.3. The molecule has 0 aliphatic carbocycles. The van der Waals surface area contributed by atoms with Gasteiger partial charge in [-0.15, -0.1) is 0 Å². The molecule has 2 heterocycles. The van der Waals surface area contributed by atoms with E-state index in [-0.39, 0.29) is 17.9 Å². The van der Waals surface area contributed by atoms with E-state index >= 15 is 0 Å². The molecule has 2 aliphatic heterocycles. The summed E-state index contributed by atoms with van der Waals surface area (Å²) in [6.07, 6.45) is 2.49. The first-order valence-corrected chi connectivity index (χ1v) is 11.1. The first-order valence-electron chi connectivity index (χ1n) is 11.1. The first-order chi connectivity index (χ1) is 15.1. The number of carbonyl (C=O) groups is 2. The molecule has 0 radical (unpaired) electrons. The Hall–Kier alpha value is -2.90. The molecule has 2 amide bonds. The SMILES string of the molecule is CNC(=O)c1cccc(C2CNCCN2CC(=O)Nc2ccc(N3CCCC3)cc2)c1. The monoisotopic (exact) mass is 421 g/mol. The van der Waals surface area contributed by atoms with Gasteiger partial charge in [-0.25, -0.2) is 0 Å². The maximum absolute atomic E-state index is 12.8. The number of benzene rings is 2. The van der Waals surface area contributed by atoms with E-state index in [1.807, 2.05) is 30.3 Å². The summed E-state index contributed by atoms with van der Waals surface area (Å²) in [5, 5.41) is 9.11. The molecule has 7 heteroatoms. The van der Waals surface area contributed by atoms with Crippen molar-refractivity contribution in [2.24, 2.45) is 0 Å². The van der Waals surface area contributed by atoms with Crippen molar-refractivity contribution in [2.45, 2.75) is 18.9 Å². The van der Waals surface area contributed by atoms with Crippen molar-refractivity contribution in [3.05, 3.63) is 59.7 Å². The lowest BCUT2D eigenvalue weighted by atomic mass is 10.0. The second-order valence-electron chi connectivity index (χ2n) is 8.18. The van der Waals surface area contributed by atoms with Crippen molar-refractivity contribution in [2.75, 3.05) is 56.5 Å². The fraction of sp³-hybridized carbons (Fsp3) is 0.417. The van der Waals surface area contributed by atoms with E-state index in [1.54, 1.807) is 13.1 Å². The van der Waals surface area contributed by atoms with E-state index < -0.39 is 0 Å². The van der Waals surface area contributed by atoms with E-state index in [0.717, 1.165) is 44.0 Å². The summed E-state index contributed by atoms with van der Waals surface area (Å²) in [5.41, 5.74) is 3.71. The Bertz CT molecular complexity index is 908. The molecule has 2 aromatic carbocycles. The number of amides is 2. The average molecular weight is 422 g/mol. The van der Waals surface area contributed by atoms with E-state index in [4.69, 9.17) is 0 Å². The fourth-order valence-electron chi connectivity index (χ4n) is 4.41. The molecule has 2 saturated heterocycles. The van der Waals surface area contributed by atoms with Crippen LogP contribution in [0.4, 0.5) is 11.4 Å². The number of carbonyl (C=O) groups excluding carboxylic acids is 2. The van der Waals surface area contributed by atoms with Crippen molar-refractivity contribution in [3.8, 4) is 0 Å². The molecule has 0 spiro atoms. The molecule has 0 aromatic heterocycles. The predicted molar refractivity (Wildman–Crippen MR) is 124 cm³/mol. The number of piperazine rings is 1.